The lowest BCUT2D eigenvalue weighted by molar-refractivity contribution is -0.170. The van der Waals surface area contributed by atoms with Gasteiger partial charge in [-0.2, -0.15) is 0 Å². The van der Waals surface area contributed by atoms with E-state index in [4.69, 9.17) is 20.4 Å². The van der Waals surface area contributed by atoms with Crippen molar-refractivity contribution in [3.05, 3.63) is 0 Å². The molecule has 3 unspecified atom stereocenters. The Kier molecular flexibility index (Phi) is 25.2. The van der Waals surface area contributed by atoms with Gasteiger partial charge in [-0.15, -0.1) is 27.7 Å². The lowest BCUT2D eigenvalue weighted by Gasteiger charge is -2.18. The molecule has 3 atom stereocenters. The van der Waals surface area contributed by atoms with Gasteiger partial charge in [0.15, 0.2) is 5.60 Å². The first-order valence-corrected chi connectivity index (χ1v) is 8.37. The second kappa shape index (κ2) is 17.7. The van der Waals surface area contributed by atoms with Gasteiger partial charge in [-0.3, -0.25) is 9.59 Å². The summed E-state index contributed by atoms with van der Waals surface area (Å²) in [7, 11) is 7.25. The Hall–Kier alpha value is -0.340. The Labute approximate surface area is 119 Å². The van der Waals surface area contributed by atoms with Crippen molar-refractivity contribution in [3.63, 3.8) is 0 Å². The van der Waals surface area contributed by atoms with Gasteiger partial charge in [-0.05, 0) is 0 Å². The fraction of sp³-hybridized carbons (Fsp3) is 0.667. The van der Waals surface area contributed by atoms with Crippen LogP contribution in [0.4, 0.5) is 0 Å². The number of carboxylic acids is 3. The second-order valence-electron chi connectivity index (χ2n) is 2.48. The quantitative estimate of drug-likeness (QED) is 0.528. The van der Waals surface area contributed by atoms with E-state index in [1.165, 1.54) is 0 Å². The van der Waals surface area contributed by atoms with Gasteiger partial charge in [-0.1, -0.05) is 20.0 Å². The van der Waals surface area contributed by atoms with Crippen molar-refractivity contribution < 1.29 is 34.8 Å². The minimum Gasteiger partial charge on any atom is -0.481 e. The fourth-order valence-electron chi connectivity index (χ4n) is 0.714. The minimum absolute atomic E-state index is 1.14. The third-order valence-corrected chi connectivity index (χ3v) is 1.29. The molecule has 0 aromatic carbocycles. The van der Waals surface area contributed by atoms with E-state index in [9.17, 15) is 14.4 Å². The van der Waals surface area contributed by atoms with Crippen molar-refractivity contribution in [1.82, 2.24) is 0 Å². The third kappa shape index (κ3) is 17.7. The number of carboxylic acid groups (broad SMARTS) is 3. The molecule has 0 aliphatic carbocycles. The molecular weight excluding hydrogens is 313 g/mol. The number of hydrogen-bond acceptors (Lipinski definition) is 4. The summed E-state index contributed by atoms with van der Waals surface area (Å²) in [5.74, 6) is -5.02. The molecule has 0 amide bonds. The van der Waals surface area contributed by atoms with E-state index in [2.05, 4.69) is 27.7 Å². The van der Waals surface area contributed by atoms with Gasteiger partial charge in [-0.25, -0.2) is 4.79 Å². The summed E-state index contributed by atoms with van der Waals surface area (Å²) in [4.78, 5) is 30.5. The first kappa shape index (κ1) is 27.1. The van der Waals surface area contributed by atoms with Crippen molar-refractivity contribution >= 4 is 45.6 Å². The van der Waals surface area contributed by atoms with E-state index in [-0.39, 0.29) is 0 Å². The number of rotatable bonds is 5. The van der Waals surface area contributed by atoms with Crippen molar-refractivity contribution in [2.24, 2.45) is 0 Å². The van der Waals surface area contributed by atoms with Crippen molar-refractivity contribution in [3.8, 4) is 0 Å². The summed E-state index contributed by atoms with van der Waals surface area (Å²) >= 11 is 0. The maximum absolute atomic E-state index is 10.3. The highest BCUT2D eigenvalue weighted by Crippen LogP contribution is 2.15. The molecule has 4 N–H and O–H groups in total. The minimum atomic E-state index is -2.74. The van der Waals surface area contributed by atoms with Gasteiger partial charge in [0.2, 0.25) is 0 Å². The summed E-state index contributed by atoms with van der Waals surface area (Å²) in [6, 6.07) is 0. The molecule has 0 radical (unpaired) electrons. The van der Waals surface area contributed by atoms with E-state index >= 15 is 0 Å². The smallest absolute Gasteiger partial charge is 0.336 e. The summed E-state index contributed by atoms with van der Waals surface area (Å²) in [5, 5.41) is 33.8. The van der Waals surface area contributed by atoms with Crippen LogP contribution < -0.4 is 0 Å². The molecule has 0 aromatic heterocycles. The van der Waals surface area contributed by atoms with Crippen LogP contribution in [-0.2, 0) is 14.4 Å². The largest absolute Gasteiger partial charge is 0.481 e. The van der Waals surface area contributed by atoms with Crippen molar-refractivity contribution in [2.45, 2.75) is 18.4 Å². The lowest BCUT2D eigenvalue weighted by atomic mass is 9.96. The molecule has 0 saturated carbocycles. The van der Waals surface area contributed by atoms with Gasteiger partial charge in [0.1, 0.15) is 0 Å². The van der Waals surface area contributed by atoms with E-state index in [1.54, 1.807) is 0 Å². The molecule has 10 heteroatoms. The van der Waals surface area contributed by atoms with E-state index in [0.29, 0.717) is 0 Å². The van der Waals surface area contributed by atoms with Gasteiger partial charge in [0.05, 0.1) is 12.8 Å². The molecule has 0 aliphatic heterocycles. The summed E-state index contributed by atoms with van der Waals surface area (Å²) in [6.07, 6.45) is -2.29. The molecule has 0 spiro atoms. The Morgan fingerprint density at radius 1 is 0.789 bits per heavy atom. The van der Waals surface area contributed by atoms with E-state index in [0.717, 1.165) is 0 Å². The van der Waals surface area contributed by atoms with E-state index in [1.807, 2.05) is 20.0 Å². The average molecular weight is 336 g/mol. The van der Waals surface area contributed by atoms with Gasteiger partial charge in [0, 0.05) is 0 Å². The first-order chi connectivity index (χ1) is 8.78. The number of hydrogen-bond donors (Lipinski definition) is 4. The molecular formula is C9H23O7P3. The molecule has 0 aromatic rings. The highest BCUT2D eigenvalue weighted by atomic mass is 31.0. The molecule has 7 nitrogen and oxygen atoms in total. The van der Waals surface area contributed by atoms with Gasteiger partial charge in [0.25, 0.3) is 0 Å². The van der Waals surface area contributed by atoms with E-state index < -0.39 is 36.4 Å². The van der Waals surface area contributed by atoms with Crippen molar-refractivity contribution in [1.29, 1.82) is 0 Å². The fourth-order valence-corrected chi connectivity index (χ4v) is 0.714. The van der Waals surface area contributed by atoms with Gasteiger partial charge >= 0.3 is 17.9 Å². The standard InChI is InChI=1S/C6H8O7.3CH5P/c7-3(8)1-6(13,5(11)12)2-4(9)10;3*1-2/h13H,1-2H2,(H,7,8)(H,9,10)(H,11,12);3*2H2,1H3. The zero-order valence-corrected chi connectivity index (χ0v) is 14.6. The predicted molar refractivity (Wildman–Crippen MR) is 84.0 cm³/mol. The summed E-state index contributed by atoms with van der Waals surface area (Å²) < 4.78 is 0. The molecule has 0 bridgehead atoms. The number of carbonyl (C=O) groups is 3. The van der Waals surface area contributed by atoms with Crippen molar-refractivity contribution in [2.75, 3.05) is 20.0 Å². The van der Waals surface area contributed by atoms with Crippen LogP contribution in [0.5, 0.6) is 0 Å². The molecule has 0 heterocycles. The van der Waals surface area contributed by atoms with Crippen LogP contribution in [0.2, 0.25) is 0 Å². The number of aliphatic carboxylic acids is 3. The molecule has 0 fully saturated rings. The average Bonchev–Trinajstić information content (AvgIpc) is 2.34. The molecule has 0 aliphatic rings. The van der Waals surface area contributed by atoms with Crippen LogP contribution in [0, 0.1) is 0 Å². The monoisotopic (exact) mass is 336 g/mol. The zero-order valence-electron chi connectivity index (χ0n) is 11.2. The van der Waals surface area contributed by atoms with Crippen LogP contribution in [0.3, 0.4) is 0 Å². The maximum atomic E-state index is 10.3. The Bertz CT molecular complexity index is 242. The maximum Gasteiger partial charge on any atom is 0.336 e. The second-order valence-corrected chi connectivity index (χ2v) is 2.48. The Morgan fingerprint density at radius 2 is 1.00 bits per heavy atom. The topological polar surface area (TPSA) is 132 Å². The van der Waals surface area contributed by atoms with Crippen LogP contribution >= 0.6 is 27.7 Å². The van der Waals surface area contributed by atoms with Crippen LogP contribution in [0.15, 0.2) is 0 Å². The third-order valence-electron chi connectivity index (χ3n) is 1.29. The van der Waals surface area contributed by atoms with Crippen LogP contribution in [0.1, 0.15) is 12.8 Å². The van der Waals surface area contributed by atoms with Crippen LogP contribution in [-0.4, -0.2) is 63.9 Å². The van der Waals surface area contributed by atoms with Gasteiger partial charge < -0.3 is 20.4 Å². The zero-order chi connectivity index (χ0) is 16.6. The summed E-state index contributed by atoms with van der Waals surface area (Å²) in [5.41, 5.74) is -2.74. The Morgan fingerprint density at radius 3 is 1.11 bits per heavy atom. The lowest BCUT2D eigenvalue weighted by Crippen LogP contribution is -2.42. The highest BCUT2D eigenvalue weighted by Gasteiger charge is 2.40. The summed E-state index contributed by atoms with van der Waals surface area (Å²) in [6.45, 7) is 5.75. The highest BCUT2D eigenvalue weighted by molar-refractivity contribution is 7.15. The molecule has 19 heavy (non-hydrogen) atoms. The predicted octanol–water partition coefficient (Wildman–Crippen LogP) is 0.225. The molecule has 116 valence electrons. The molecule has 0 rings (SSSR count). The molecule has 0 saturated heterocycles. The first-order valence-electron chi connectivity index (χ1n) is 4.90. The Balaban J connectivity index is -0.000000163. The normalized spacial score (nSPS) is 8.37. The SMILES string of the molecule is CP.CP.CP.O=C(O)CC(O)(CC(=O)O)C(=O)O. The van der Waals surface area contributed by atoms with Crippen LogP contribution in [0.25, 0.3) is 0 Å². The number of aliphatic hydroxyl groups is 1.